The van der Waals surface area contributed by atoms with Crippen molar-refractivity contribution in [3.63, 3.8) is 0 Å². The third-order valence-electron chi connectivity index (χ3n) is 3.76. The van der Waals surface area contributed by atoms with Gasteiger partial charge in [-0.3, -0.25) is 4.79 Å². The molecule has 106 valence electrons. The Morgan fingerprint density at radius 2 is 1.94 bits per heavy atom. The number of nitrogens with one attached hydrogen (secondary N) is 2. The number of carbonyl (C=O) groups is 1. The number of rotatable bonds is 7. The Hall–Kier alpha value is -0.610. The van der Waals surface area contributed by atoms with Crippen LogP contribution in [0.25, 0.3) is 0 Å². The summed E-state index contributed by atoms with van der Waals surface area (Å²) >= 11 is 0. The molecule has 1 rings (SSSR count). The molecule has 0 saturated heterocycles. The van der Waals surface area contributed by atoms with E-state index in [0.717, 1.165) is 6.54 Å². The predicted molar refractivity (Wildman–Crippen MR) is 73.5 cm³/mol. The first-order valence-corrected chi connectivity index (χ1v) is 7.23. The maximum absolute atomic E-state index is 11.7. The van der Waals surface area contributed by atoms with Crippen LogP contribution in [0.2, 0.25) is 0 Å². The van der Waals surface area contributed by atoms with E-state index in [1.807, 2.05) is 0 Å². The number of amides is 1. The van der Waals surface area contributed by atoms with Crippen molar-refractivity contribution in [1.29, 1.82) is 0 Å². The number of hydrogen-bond donors (Lipinski definition) is 2. The quantitative estimate of drug-likeness (QED) is 0.538. The van der Waals surface area contributed by atoms with E-state index in [-0.39, 0.29) is 5.91 Å². The highest BCUT2D eigenvalue weighted by atomic mass is 16.5. The van der Waals surface area contributed by atoms with Gasteiger partial charge >= 0.3 is 0 Å². The maximum Gasteiger partial charge on any atom is 0.234 e. The van der Waals surface area contributed by atoms with Crippen LogP contribution >= 0.6 is 0 Å². The lowest BCUT2D eigenvalue weighted by Crippen LogP contribution is -2.43. The number of ether oxygens (including phenoxy) is 1. The Labute approximate surface area is 111 Å². The van der Waals surface area contributed by atoms with Crippen LogP contribution in [0.1, 0.15) is 45.4 Å². The molecule has 1 aliphatic rings. The van der Waals surface area contributed by atoms with Crippen molar-refractivity contribution in [2.75, 3.05) is 26.8 Å². The first-order valence-electron chi connectivity index (χ1n) is 7.23. The molecule has 2 N–H and O–H groups in total. The van der Waals surface area contributed by atoms with Crippen molar-refractivity contribution in [3.8, 4) is 0 Å². The Morgan fingerprint density at radius 3 is 2.56 bits per heavy atom. The number of carbonyl (C=O) groups excluding carboxylic acids is 1. The molecule has 0 aromatic rings. The van der Waals surface area contributed by atoms with Crippen LogP contribution in [0.15, 0.2) is 0 Å². The molecule has 1 saturated carbocycles. The van der Waals surface area contributed by atoms with Gasteiger partial charge in [0.15, 0.2) is 0 Å². The standard InChI is InChI=1S/C14H28N2O2/c1-12(13-7-5-3-4-6-8-13)16-14(17)11-15-9-10-18-2/h12-13,15H,3-11H2,1-2H3,(H,16,17)/t12-/m0/s1. The van der Waals surface area contributed by atoms with Gasteiger partial charge in [0, 0.05) is 19.7 Å². The van der Waals surface area contributed by atoms with E-state index >= 15 is 0 Å². The Kier molecular flexibility index (Phi) is 8.01. The van der Waals surface area contributed by atoms with Crippen LogP contribution in [-0.2, 0) is 9.53 Å². The average molecular weight is 256 g/mol. The van der Waals surface area contributed by atoms with Crippen LogP contribution in [-0.4, -0.2) is 38.8 Å². The number of methoxy groups -OCH3 is 1. The third kappa shape index (κ3) is 6.36. The smallest absolute Gasteiger partial charge is 0.234 e. The molecule has 0 aliphatic heterocycles. The summed E-state index contributed by atoms with van der Waals surface area (Å²) in [6, 6.07) is 0.305. The second kappa shape index (κ2) is 9.34. The molecule has 1 atom stereocenters. The fourth-order valence-corrected chi connectivity index (χ4v) is 2.61. The first kappa shape index (κ1) is 15.4. The van der Waals surface area contributed by atoms with Gasteiger partial charge < -0.3 is 15.4 Å². The van der Waals surface area contributed by atoms with E-state index in [1.165, 1.54) is 38.5 Å². The number of hydrogen-bond acceptors (Lipinski definition) is 3. The molecular formula is C14H28N2O2. The molecular weight excluding hydrogens is 228 g/mol. The zero-order valence-electron chi connectivity index (χ0n) is 11.8. The van der Waals surface area contributed by atoms with Gasteiger partial charge in [0.25, 0.3) is 0 Å². The largest absolute Gasteiger partial charge is 0.383 e. The average Bonchev–Trinajstić information content (AvgIpc) is 2.63. The molecule has 18 heavy (non-hydrogen) atoms. The van der Waals surface area contributed by atoms with E-state index < -0.39 is 0 Å². The molecule has 1 fully saturated rings. The van der Waals surface area contributed by atoms with Crippen LogP contribution < -0.4 is 10.6 Å². The Balaban J connectivity index is 2.16. The zero-order valence-corrected chi connectivity index (χ0v) is 11.8. The molecule has 0 spiro atoms. The van der Waals surface area contributed by atoms with Crippen LogP contribution in [0, 0.1) is 5.92 Å². The maximum atomic E-state index is 11.7. The van der Waals surface area contributed by atoms with Gasteiger partial charge in [0.05, 0.1) is 13.2 Å². The Bertz CT molecular complexity index is 226. The minimum Gasteiger partial charge on any atom is -0.383 e. The van der Waals surface area contributed by atoms with Crippen LogP contribution in [0.5, 0.6) is 0 Å². The third-order valence-corrected chi connectivity index (χ3v) is 3.76. The molecule has 4 heteroatoms. The van der Waals surface area contributed by atoms with Gasteiger partial charge in [-0.1, -0.05) is 25.7 Å². The molecule has 1 amide bonds. The molecule has 0 heterocycles. The predicted octanol–water partition coefficient (Wildman–Crippen LogP) is 1.70. The van der Waals surface area contributed by atoms with E-state index in [1.54, 1.807) is 7.11 Å². The summed E-state index contributed by atoms with van der Waals surface area (Å²) in [6.07, 6.45) is 7.87. The fraction of sp³-hybridized carbons (Fsp3) is 0.929. The van der Waals surface area contributed by atoms with Gasteiger partial charge in [-0.15, -0.1) is 0 Å². The summed E-state index contributed by atoms with van der Waals surface area (Å²) in [5, 5.41) is 6.18. The van der Waals surface area contributed by atoms with Gasteiger partial charge in [-0.2, -0.15) is 0 Å². The van der Waals surface area contributed by atoms with E-state index in [2.05, 4.69) is 17.6 Å². The van der Waals surface area contributed by atoms with E-state index in [4.69, 9.17) is 4.74 Å². The second-order valence-electron chi connectivity index (χ2n) is 5.28. The van der Waals surface area contributed by atoms with Crippen molar-refractivity contribution in [2.45, 2.75) is 51.5 Å². The van der Waals surface area contributed by atoms with Crippen molar-refractivity contribution in [2.24, 2.45) is 5.92 Å². The normalized spacial score (nSPS) is 19.2. The summed E-state index contributed by atoms with van der Waals surface area (Å²) in [4.78, 5) is 11.7. The van der Waals surface area contributed by atoms with Crippen molar-refractivity contribution in [3.05, 3.63) is 0 Å². The van der Waals surface area contributed by atoms with Gasteiger partial charge in [-0.25, -0.2) is 0 Å². The second-order valence-corrected chi connectivity index (χ2v) is 5.28. The SMILES string of the molecule is COCCNCC(=O)N[C@@H](C)C1CCCCCC1. The minimum absolute atomic E-state index is 0.0999. The first-order chi connectivity index (χ1) is 8.74. The monoisotopic (exact) mass is 256 g/mol. The van der Waals surface area contributed by atoms with Crippen molar-refractivity contribution in [1.82, 2.24) is 10.6 Å². The molecule has 0 aromatic heterocycles. The molecule has 4 nitrogen and oxygen atoms in total. The zero-order chi connectivity index (χ0) is 13.2. The fourth-order valence-electron chi connectivity index (χ4n) is 2.61. The Morgan fingerprint density at radius 1 is 1.28 bits per heavy atom. The van der Waals surface area contributed by atoms with E-state index in [9.17, 15) is 4.79 Å². The highest BCUT2D eigenvalue weighted by molar-refractivity contribution is 5.78. The summed E-state index contributed by atoms with van der Waals surface area (Å²) in [5.41, 5.74) is 0. The molecule has 0 unspecified atom stereocenters. The highest BCUT2D eigenvalue weighted by Gasteiger charge is 2.20. The van der Waals surface area contributed by atoms with Crippen LogP contribution in [0.4, 0.5) is 0 Å². The minimum atomic E-state index is 0.0999. The molecule has 0 bridgehead atoms. The lowest BCUT2D eigenvalue weighted by atomic mass is 9.93. The summed E-state index contributed by atoms with van der Waals surface area (Å²) in [7, 11) is 1.66. The highest BCUT2D eigenvalue weighted by Crippen LogP contribution is 2.25. The van der Waals surface area contributed by atoms with Crippen molar-refractivity contribution < 1.29 is 9.53 Å². The summed E-state index contributed by atoms with van der Waals surface area (Å²) in [6.45, 7) is 3.90. The van der Waals surface area contributed by atoms with Gasteiger partial charge in [-0.05, 0) is 25.7 Å². The molecule has 0 aromatic carbocycles. The summed E-state index contributed by atoms with van der Waals surface area (Å²) < 4.78 is 4.92. The van der Waals surface area contributed by atoms with Gasteiger partial charge in [0.2, 0.25) is 5.91 Å². The molecule has 0 radical (unpaired) electrons. The molecule has 1 aliphatic carbocycles. The lowest BCUT2D eigenvalue weighted by Gasteiger charge is -2.23. The van der Waals surface area contributed by atoms with Crippen molar-refractivity contribution >= 4 is 5.91 Å². The van der Waals surface area contributed by atoms with Crippen LogP contribution in [0.3, 0.4) is 0 Å². The summed E-state index contributed by atoms with van der Waals surface area (Å²) in [5.74, 6) is 0.762. The van der Waals surface area contributed by atoms with Gasteiger partial charge in [0.1, 0.15) is 0 Å². The van der Waals surface area contributed by atoms with E-state index in [0.29, 0.717) is 25.1 Å². The lowest BCUT2D eigenvalue weighted by molar-refractivity contribution is -0.121. The topological polar surface area (TPSA) is 50.4 Å².